The highest BCUT2D eigenvalue weighted by Gasteiger charge is 2.54. The molecule has 3 aliphatic rings. The van der Waals surface area contributed by atoms with Crippen LogP contribution in [0.2, 0.25) is 0 Å². The summed E-state index contributed by atoms with van der Waals surface area (Å²) in [6, 6.07) is 17.6. The number of nitrogens with zero attached hydrogens (tertiary/aromatic N) is 1. The van der Waals surface area contributed by atoms with Gasteiger partial charge in [0, 0.05) is 49.4 Å². The number of carbonyl (C=O) groups excluding carboxylic acids is 2. The topological polar surface area (TPSA) is 67.9 Å². The van der Waals surface area contributed by atoms with E-state index in [0.29, 0.717) is 12.0 Å². The first-order chi connectivity index (χ1) is 17.0. The molecule has 2 aromatic carbocycles. The van der Waals surface area contributed by atoms with Crippen molar-refractivity contribution in [3.8, 4) is 5.75 Å². The lowest BCUT2D eigenvalue weighted by Gasteiger charge is -2.55. The molecule has 6 nitrogen and oxygen atoms in total. The van der Waals surface area contributed by atoms with Crippen LogP contribution in [-0.2, 0) is 14.9 Å². The summed E-state index contributed by atoms with van der Waals surface area (Å²) in [4.78, 5) is 27.9. The highest BCUT2D eigenvalue weighted by molar-refractivity contribution is 5.94. The molecule has 35 heavy (non-hydrogen) atoms. The number of nitrogens with one attached hydrogen (secondary N) is 1. The van der Waals surface area contributed by atoms with Gasteiger partial charge in [0.1, 0.15) is 11.9 Å². The maximum Gasteiger partial charge on any atom is 0.302 e. The number of hydrogen-bond acceptors (Lipinski definition) is 5. The SMILES string of the molecule is COc1cccc(C23CCN(CC4CC4)CC2C(OC(C)=O)C[C@H](NC(=O)c2ccccc2)C3)c1. The summed E-state index contributed by atoms with van der Waals surface area (Å²) in [6.45, 7) is 4.54. The van der Waals surface area contributed by atoms with Gasteiger partial charge in [-0.25, -0.2) is 0 Å². The van der Waals surface area contributed by atoms with Crippen LogP contribution in [0.1, 0.15) is 54.9 Å². The standard InChI is InChI=1S/C29H36N2O4/c1-20(32)35-27-16-24(30-28(33)22-7-4-3-5-8-22)17-29(23-9-6-10-25(15-23)34-2)13-14-31(19-26(27)29)18-21-11-12-21/h3-10,15,21,24,26-27H,11-14,16-19H2,1-2H3,(H,30,33)/t24-,26?,27?,29?/m0/s1. The van der Waals surface area contributed by atoms with Crippen LogP contribution in [0.25, 0.3) is 0 Å². The molecular weight excluding hydrogens is 440 g/mol. The average molecular weight is 477 g/mol. The normalized spacial score (nSPS) is 28.6. The van der Waals surface area contributed by atoms with E-state index in [0.717, 1.165) is 44.1 Å². The fourth-order valence-electron chi connectivity index (χ4n) is 6.33. The van der Waals surface area contributed by atoms with E-state index in [1.807, 2.05) is 42.5 Å². The maximum atomic E-state index is 13.1. The Balaban J connectivity index is 1.48. The molecule has 1 amide bonds. The molecule has 2 aromatic rings. The first-order valence-corrected chi connectivity index (χ1v) is 12.9. The van der Waals surface area contributed by atoms with Crippen molar-refractivity contribution in [1.82, 2.24) is 10.2 Å². The van der Waals surface area contributed by atoms with Gasteiger partial charge >= 0.3 is 5.97 Å². The summed E-state index contributed by atoms with van der Waals surface area (Å²) in [5, 5.41) is 3.27. The summed E-state index contributed by atoms with van der Waals surface area (Å²) in [6.07, 6.45) is 4.80. The number of likely N-dealkylation sites (tertiary alicyclic amines) is 1. The number of fused-ring (bicyclic) bond motifs is 1. The Morgan fingerprint density at radius 2 is 1.91 bits per heavy atom. The van der Waals surface area contributed by atoms with E-state index in [-0.39, 0.29) is 35.4 Å². The molecule has 1 heterocycles. The van der Waals surface area contributed by atoms with Gasteiger partial charge in [-0.3, -0.25) is 9.59 Å². The third kappa shape index (κ3) is 5.22. The number of hydrogen-bond donors (Lipinski definition) is 1. The van der Waals surface area contributed by atoms with E-state index in [1.54, 1.807) is 7.11 Å². The molecule has 4 atom stereocenters. The largest absolute Gasteiger partial charge is 0.497 e. The van der Waals surface area contributed by atoms with E-state index in [1.165, 1.54) is 25.3 Å². The molecule has 5 rings (SSSR count). The number of carbonyl (C=O) groups is 2. The predicted molar refractivity (Wildman–Crippen MR) is 134 cm³/mol. The zero-order valence-corrected chi connectivity index (χ0v) is 20.7. The van der Waals surface area contributed by atoms with Gasteiger partial charge in [0.05, 0.1) is 7.11 Å². The lowest BCUT2D eigenvalue weighted by Crippen LogP contribution is -2.61. The Hall–Kier alpha value is -2.86. The molecule has 0 bridgehead atoms. The van der Waals surface area contributed by atoms with Crippen molar-refractivity contribution in [2.75, 3.05) is 26.7 Å². The molecule has 0 aromatic heterocycles. The van der Waals surface area contributed by atoms with Crippen LogP contribution in [0.3, 0.4) is 0 Å². The number of benzene rings is 2. The minimum Gasteiger partial charge on any atom is -0.497 e. The molecule has 0 radical (unpaired) electrons. The summed E-state index contributed by atoms with van der Waals surface area (Å²) < 4.78 is 11.6. The van der Waals surface area contributed by atoms with Gasteiger partial charge in [-0.1, -0.05) is 30.3 Å². The fourth-order valence-corrected chi connectivity index (χ4v) is 6.33. The zero-order valence-electron chi connectivity index (χ0n) is 20.7. The van der Waals surface area contributed by atoms with Crippen molar-refractivity contribution in [2.24, 2.45) is 11.8 Å². The van der Waals surface area contributed by atoms with Crippen molar-refractivity contribution in [3.05, 3.63) is 65.7 Å². The zero-order chi connectivity index (χ0) is 24.4. The Bertz CT molecular complexity index is 1050. The van der Waals surface area contributed by atoms with Crippen molar-refractivity contribution >= 4 is 11.9 Å². The second kappa shape index (κ2) is 10.0. The minimum absolute atomic E-state index is 0.0809. The van der Waals surface area contributed by atoms with Crippen LogP contribution in [0.4, 0.5) is 0 Å². The van der Waals surface area contributed by atoms with E-state index < -0.39 is 0 Å². The Morgan fingerprint density at radius 3 is 2.63 bits per heavy atom. The van der Waals surface area contributed by atoms with Gasteiger partial charge < -0.3 is 19.7 Å². The lowest BCUT2D eigenvalue weighted by atomic mass is 9.56. The van der Waals surface area contributed by atoms with E-state index >= 15 is 0 Å². The third-order valence-electron chi connectivity index (χ3n) is 8.16. The fraction of sp³-hybridized carbons (Fsp3) is 0.517. The monoisotopic (exact) mass is 476 g/mol. The van der Waals surface area contributed by atoms with Crippen LogP contribution in [0.15, 0.2) is 54.6 Å². The number of amides is 1. The Kier molecular flexibility index (Phi) is 6.83. The number of piperidine rings is 1. The van der Waals surface area contributed by atoms with Gasteiger partial charge in [0.2, 0.25) is 0 Å². The predicted octanol–water partition coefficient (Wildman–Crippen LogP) is 4.19. The van der Waals surface area contributed by atoms with Crippen molar-refractivity contribution in [3.63, 3.8) is 0 Å². The quantitative estimate of drug-likeness (QED) is 0.607. The number of methoxy groups -OCH3 is 1. The molecular formula is C29H36N2O4. The van der Waals surface area contributed by atoms with Gasteiger partial charge in [0.25, 0.3) is 5.91 Å². The first-order valence-electron chi connectivity index (χ1n) is 12.9. The van der Waals surface area contributed by atoms with Crippen LogP contribution >= 0.6 is 0 Å². The second-order valence-corrected chi connectivity index (χ2v) is 10.6. The molecule has 1 saturated heterocycles. The van der Waals surface area contributed by atoms with Gasteiger partial charge in [-0.15, -0.1) is 0 Å². The molecule has 6 heteroatoms. The number of ether oxygens (including phenoxy) is 2. The van der Waals surface area contributed by atoms with Crippen molar-refractivity contribution in [1.29, 1.82) is 0 Å². The minimum atomic E-state index is -0.260. The van der Waals surface area contributed by atoms with Crippen LogP contribution in [0.5, 0.6) is 5.75 Å². The molecule has 2 saturated carbocycles. The second-order valence-electron chi connectivity index (χ2n) is 10.6. The summed E-state index contributed by atoms with van der Waals surface area (Å²) in [5.74, 6) is 1.46. The molecule has 3 unspecified atom stereocenters. The van der Waals surface area contributed by atoms with E-state index in [9.17, 15) is 9.59 Å². The van der Waals surface area contributed by atoms with E-state index in [2.05, 4.69) is 22.3 Å². The third-order valence-corrected chi connectivity index (χ3v) is 8.16. The molecule has 0 spiro atoms. The highest BCUT2D eigenvalue weighted by Crippen LogP contribution is 2.51. The van der Waals surface area contributed by atoms with Crippen LogP contribution < -0.4 is 10.1 Å². The Morgan fingerprint density at radius 1 is 1.11 bits per heavy atom. The van der Waals surface area contributed by atoms with Gasteiger partial charge in [-0.05, 0) is 68.0 Å². The summed E-state index contributed by atoms with van der Waals surface area (Å²) in [7, 11) is 1.69. The first kappa shape index (κ1) is 23.9. The van der Waals surface area contributed by atoms with E-state index in [4.69, 9.17) is 9.47 Å². The average Bonchev–Trinajstić information content (AvgIpc) is 3.68. The highest BCUT2D eigenvalue weighted by atomic mass is 16.5. The summed E-state index contributed by atoms with van der Waals surface area (Å²) in [5.41, 5.74) is 1.65. The molecule has 3 fully saturated rings. The molecule has 186 valence electrons. The van der Waals surface area contributed by atoms with Crippen molar-refractivity contribution in [2.45, 2.75) is 56.6 Å². The van der Waals surface area contributed by atoms with Crippen LogP contribution in [0, 0.1) is 11.8 Å². The molecule has 2 aliphatic carbocycles. The lowest BCUT2D eigenvalue weighted by molar-refractivity contribution is -0.157. The van der Waals surface area contributed by atoms with Crippen LogP contribution in [-0.4, -0.2) is 55.7 Å². The Labute approximate surface area is 208 Å². The van der Waals surface area contributed by atoms with Crippen molar-refractivity contribution < 1.29 is 19.1 Å². The molecule has 1 aliphatic heterocycles. The number of esters is 1. The molecule has 1 N–H and O–H groups in total. The van der Waals surface area contributed by atoms with Gasteiger partial charge in [-0.2, -0.15) is 0 Å². The maximum absolute atomic E-state index is 13.1. The summed E-state index contributed by atoms with van der Waals surface area (Å²) >= 11 is 0. The van der Waals surface area contributed by atoms with Gasteiger partial charge in [0.15, 0.2) is 0 Å². The smallest absolute Gasteiger partial charge is 0.302 e. The number of rotatable bonds is 7.